The molecule has 2 saturated heterocycles. The summed E-state index contributed by atoms with van der Waals surface area (Å²) < 4.78 is 0.932. The van der Waals surface area contributed by atoms with Gasteiger partial charge in [0, 0.05) is 20.0 Å². The van der Waals surface area contributed by atoms with E-state index < -0.39 is 12.2 Å². The third-order valence-corrected chi connectivity index (χ3v) is 7.72. The molecule has 38 heavy (non-hydrogen) atoms. The molecule has 1 aromatic heterocycles. The molecule has 11 nitrogen and oxygen atoms in total. The summed E-state index contributed by atoms with van der Waals surface area (Å²) in [6, 6.07) is 11.2. The summed E-state index contributed by atoms with van der Waals surface area (Å²) in [4.78, 5) is 47.8. The van der Waals surface area contributed by atoms with E-state index in [1.165, 1.54) is 23.4 Å². The van der Waals surface area contributed by atoms with Crippen molar-refractivity contribution in [2.24, 2.45) is 0 Å². The second kappa shape index (κ2) is 10.3. The molecule has 2 aliphatic heterocycles. The minimum atomic E-state index is -0.786. The number of phenols is 1. The van der Waals surface area contributed by atoms with Crippen molar-refractivity contribution < 1.29 is 19.5 Å². The van der Waals surface area contributed by atoms with Crippen LogP contribution in [0.1, 0.15) is 11.1 Å². The van der Waals surface area contributed by atoms with Gasteiger partial charge in [-0.1, -0.05) is 41.7 Å². The van der Waals surface area contributed by atoms with E-state index in [0.29, 0.717) is 5.13 Å². The highest BCUT2D eigenvalue weighted by molar-refractivity contribution is 7.22. The van der Waals surface area contributed by atoms with Gasteiger partial charge in [0.05, 0.1) is 29.9 Å². The van der Waals surface area contributed by atoms with Gasteiger partial charge in [-0.15, -0.1) is 6.58 Å². The first-order chi connectivity index (χ1) is 18.3. The number of nitrogens with one attached hydrogen (secondary N) is 1. The molecule has 3 aromatic rings. The lowest BCUT2D eigenvalue weighted by Gasteiger charge is -2.46. The van der Waals surface area contributed by atoms with Crippen LogP contribution in [0.3, 0.4) is 0 Å². The molecular weight excluding hydrogens is 506 g/mol. The number of thiazole rings is 1. The van der Waals surface area contributed by atoms with E-state index in [9.17, 15) is 19.5 Å². The Morgan fingerprint density at radius 3 is 2.76 bits per heavy atom. The number of nitrogens with zero attached hydrogens (tertiary/aromatic N) is 5. The smallest absolute Gasteiger partial charge is 0.332 e. The van der Waals surface area contributed by atoms with Gasteiger partial charge in [0.25, 0.3) is 0 Å². The lowest BCUT2D eigenvalue weighted by molar-refractivity contribution is -0.157. The van der Waals surface area contributed by atoms with Crippen molar-refractivity contribution in [3.8, 4) is 5.75 Å². The first kappa shape index (κ1) is 25.5. The maximum absolute atomic E-state index is 13.9. The van der Waals surface area contributed by atoms with Gasteiger partial charge in [-0.05, 0) is 29.3 Å². The van der Waals surface area contributed by atoms with E-state index in [-0.39, 0.29) is 56.2 Å². The zero-order valence-electron chi connectivity index (χ0n) is 20.9. The standard InChI is InChI=1S/C26H29N7O4S/c1-3-11-31(26(37)28-2)32-15-22(35)33-19(12-16-7-9-18(34)10-8-16)24(36)30(14-21(32)33)13-17-5-4-6-20-23(17)29-25(27)38-20/h3-10,19,21,34H,1,11-15H2,2H3,(H2,27,29)(H,28,37)/t19-,21+/m0/s1. The van der Waals surface area contributed by atoms with Crippen molar-refractivity contribution >= 4 is 44.5 Å². The maximum Gasteiger partial charge on any atom is 0.332 e. The second-order valence-corrected chi connectivity index (χ2v) is 10.3. The largest absolute Gasteiger partial charge is 0.508 e. The number of nitrogen functional groups attached to an aromatic ring is 1. The average molecular weight is 536 g/mol. The van der Waals surface area contributed by atoms with Crippen LogP contribution in [0.4, 0.5) is 9.93 Å². The van der Waals surface area contributed by atoms with E-state index in [4.69, 9.17) is 5.73 Å². The minimum absolute atomic E-state index is 0.0443. The molecule has 2 aromatic carbocycles. The van der Waals surface area contributed by atoms with Crippen molar-refractivity contribution in [1.82, 2.24) is 30.1 Å². The molecule has 198 valence electrons. The molecule has 2 aliphatic rings. The maximum atomic E-state index is 13.9. The number of para-hydroxylation sites is 1. The van der Waals surface area contributed by atoms with Crippen LogP contribution in [0, 0.1) is 0 Å². The van der Waals surface area contributed by atoms with Crippen LogP contribution in [0.5, 0.6) is 5.75 Å². The predicted molar refractivity (Wildman–Crippen MR) is 144 cm³/mol. The van der Waals surface area contributed by atoms with Crippen molar-refractivity contribution in [3.63, 3.8) is 0 Å². The molecule has 2 fully saturated rings. The predicted octanol–water partition coefficient (Wildman–Crippen LogP) is 1.75. The fourth-order valence-corrected chi connectivity index (χ4v) is 5.94. The molecule has 0 saturated carbocycles. The molecule has 4 amide bonds. The number of hydrogen-bond acceptors (Lipinski definition) is 8. The summed E-state index contributed by atoms with van der Waals surface area (Å²) in [5.41, 5.74) is 8.36. The number of phenolic OH excluding ortho intramolecular Hbond substituents is 1. The third kappa shape index (κ3) is 4.63. The Bertz CT molecular complexity index is 1390. The van der Waals surface area contributed by atoms with Crippen LogP contribution in [-0.4, -0.2) is 86.6 Å². The molecular formula is C26H29N7O4S. The number of carbonyl (C=O) groups is 3. The van der Waals surface area contributed by atoms with E-state index in [2.05, 4.69) is 16.9 Å². The van der Waals surface area contributed by atoms with Gasteiger partial charge >= 0.3 is 6.03 Å². The molecule has 3 heterocycles. The highest BCUT2D eigenvalue weighted by Crippen LogP contribution is 2.32. The lowest BCUT2D eigenvalue weighted by Crippen LogP contribution is -2.65. The summed E-state index contributed by atoms with van der Waals surface area (Å²) in [6.45, 7) is 4.39. The number of carbonyl (C=O) groups excluding carboxylic acids is 3. The Morgan fingerprint density at radius 2 is 2.05 bits per heavy atom. The zero-order chi connectivity index (χ0) is 27.0. The minimum Gasteiger partial charge on any atom is -0.508 e. The van der Waals surface area contributed by atoms with Crippen molar-refractivity contribution in [3.05, 3.63) is 66.2 Å². The molecule has 12 heteroatoms. The summed E-state index contributed by atoms with van der Waals surface area (Å²) in [5.74, 6) is -0.313. The highest BCUT2D eigenvalue weighted by Gasteiger charge is 2.52. The van der Waals surface area contributed by atoms with Gasteiger partial charge in [0.2, 0.25) is 11.8 Å². The number of fused-ring (bicyclic) bond motifs is 2. The Labute approximate surface area is 223 Å². The van der Waals surface area contributed by atoms with E-state index >= 15 is 0 Å². The van der Waals surface area contributed by atoms with E-state index in [1.54, 1.807) is 45.2 Å². The van der Waals surface area contributed by atoms with Crippen LogP contribution in [-0.2, 0) is 22.6 Å². The average Bonchev–Trinajstić information content (AvgIpc) is 3.45. The van der Waals surface area contributed by atoms with Crippen molar-refractivity contribution in [1.29, 1.82) is 0 Å². The number of hydrogen-bond donors (Lipinski definition) is 3. The van der Waals surface area contributed by atoms with Gasteiger partial charge in [-0.3, -0.25) is 14.6 Å². The Morgan fingerprint density at radius 1 is 1.29 bits per heavy atom. The number of hydrazine groups is 1. The molecule has 5 rings (SSSR count). The topological polar surface area (TPSA) is 135 Å². The molecule has 2 atom stereocenters. The number of rotatable bonds is 7. The quantitative estimate of drug-likeness (QED) is 0.392. The number of anilines is 1. The highest BCUT2D eigenvalue weighted by atomic mass is 32.1. The van der Waals surface area contributed by atoms with Crippen LogP contribution >= 0.6 is 11.3 Å². The monoisotopic (exact) mass is 535 g/mol. The molecule has 0 aliphatic carbocycles. The summed E-state index contributed by atoms with van der Waals surface area (Å²) >= 11 is 1.38. The van der Waals surface area contributed by atoms with Gasteiger partial charge in [-0.25, -0.2) is 9.78 Å². The number of amides is 4. The fourth-order valence-electron chi connectivity index (χ4n) is 5.16. The van der Waals surface area contributed by atoms with Gasteiger partial charge in [0.15, 0.2) is 5.13 Å². The fraction of sp³-hybridized carbons (Fsp3) is 0.308. The van der Waals surface area contributed by atoms with Crippen LogP contribution in [0.25, 0.3) is 10.2 Å². The normalized spacial score (nSPS) is 19.6. The first-order valence-corrected chi connectivity index (χ1v) is 13.0. The second-order valence-electron chi connectivity index (χ2n) is 9.23. The third-order valence-electron chi connectivity index (χ3n) is 6.87. The van der Waals surface area contributed by atoms with E-state index in [1.807, 2.05) is 18.2 Å². The SMILES string of the molecule is C=CCN(C(=O)NC)N1CC(=O)N2[C@@H](Cc3ccc(O)cc3)C(=O)N(Cc3cccc4sc(N)nc34)C[C@@H]21. The molecule has 0 radical (unpaired) electrons. The lowest BCUT2D eigenvalue weighted by atomic mass is 9.99. The summed E-state index contributed by atoms with van der Waals surface area (Å²) in [7, 11) is 1.53. The number of benzene rings is 2. The van der Waals surface area contributed by atoms with Crippen LogP contribution in [0.15, 0.2) is 55.1 Å². The first-order valence-electron chi connectivity index (χ1n) is 12.2. The molecule has 4 N–H and O–H groups in total. The van der Waals surface area contributed by atoms with Gasteiger partial charge in [0.1, 0.15) is 18.0 Å². The van der Waals surface area contributed by atoms with Crippen molar-refractivity contribution in [2.45, 2.75) is 25.2 Å². The zero-order valence-corrected chi connectivity index (χ0v) is 21.7. The number of piperazine rings is 1. The number of urea groups is 1. The Balaban J connectivity index is 1.52. The van der Waals surface area contributed by atoms with Gasteiger partial charge in [-0.2, -0.15) is 5.01 Å². The van der Waals surface area contributed by atoms with Crippen LogP contribution < -0.4 is 11.1 Å². The molecule has 0 bridgehead atoms. The number of aromatic hydroxyl groups is 1. The summed E-state index contributed by atoms with van der Waals surface area (Å²) in [6.07, 6.45) is 1.30. The Hall–Kier alpha value is -4.16. The number of aromatic nitrogens is 1. The Kier molecular flexibility index (Phi) is 6.91. The molecule has 0 spiro atoms. The van der Waals surface area contributed by atoms with Gasteiger partial charge < -0.3 is 26.0 Å². The van der Waals surface area contributed by atoms with E-state index in [0.717, 1.165) is 21.3 Å². The molecule has 0 unspecified atom stereocenters. The van der Waals surface area contributed by atoms with Crippen molar-refractivity contribution in [2.75, 3.05) is 32.4 Å². The summed E-state index contributed by atoms with van der Waals surface area (Å²) in [5, 5.41) is 15.9. The number of nitrogens with two attached hydrogens (primary N) is 1. The van der Waals surface area contributed by atoms with Crippen LogP contribution in [0.2, 0.25) is 0 Å².